The van der Waals surface area contributed by atoms with Gasteiger partial charge >= 0.3 is 0 Å². The lowest BCUT2D eigenvalue weighted by Crippen LogP contribution is -2.47. The van der Waals surface area contributed by atoms with E-state index >= 15 is 0 Å². The Morgan fingerprint density at radius 2 is 2.00 bits per heavy atom. The van der Waals surface area contributed by atoms with Gasteiger partial charge in [0.25, 0.3) is 0 Å². The summed E-state index contributed by atoms with van der Waals surface area (Å²) >= 11 is 0. The molecule has 0 aromatic carbocycles. The van der Waals surface area contributed by atoms with Crippen molar-refractivity contribution in [1.82, 2.24) is 4.90 Å². The summed E-state index contributed by atoms with van der Waals surface area (Å²) in [5.41, 5.74) is 0. The highest BCUT2D eigenvalue weighted by Crippen LogP contribution is 2.34. The Hall–Kier alpha value is -0.0800. The Balaban J connectivity index is 1.82. The summed E-state index contributed by atoms with van der Waals surface area (Å²) in [6.45, 7) is 4.36. The van der Waals surface area contributed by atoms with Gasteiger partial charge in [-0.1, -0.05) is 0 Å². The highest BCUT2D eigenvalue weighted by atomic mass is 16.2. The number of fused-ring (bicyclic) bond motifs is 3. The van der Waals surface area contributed by atoms with Crippen molar-refractivity contribution in [3.05, 3.63) is 0 Å². The minimum Gasteiger partial charge on any atom is -0.396 e. The number of piperidine rings is 3. The van der Waals surface area contributed by atoms with Gasteiger partial charge in [0, 0.05) is 13.2 Å². The molecular formula is C10H19NO. The molecule has 2 heteroatoms. The maximum atomic E-state index is 8.75. The molecule has 0 aliphatic carbocycles. The predicted molar refractivity (Wildman–Crippen MR) is 49.0 cm³/mol. The molecule has 3 aliphatic heterocycles. The Bertz CT molecular complexity index is 141. The van der Waals surface area contributed by atoms with Crippen LogP contribution in [-0.2, 0) is 0 Å². The van der Waals surface area contributed by atoms with E-state index in [2.05, 4.69) is 4.90 Å². The number of aliphatic hydroxyl groups is 1. The fraction of sp³-hybridized carbons (Fsp3) is 1.00. The Morgan fingerprint density at radius 3 is 2.50 bits per heavy atom. The zero-order valence-corrected chi connectivity index (χ0v) is 7.71. The maximum Gasteiger partial charge on any atom is 0.0431 e. The number of nitrogens with zero attached hydrogens (tertiary/aromatic N) is 1. The van der Waals surface area contributed by atoms with Crippen molar-refractivity contribution >= 4 is 0 Å². The van der Waals surface area contributed by atoms with Crippen molar-refractivity contribution in [3.8, 4) is 0 Å². The van der Waals surface area contributed by atoms with E-state index in [1.54, 1.807) is 0 Å². The summed E-state index contributed by atoms with van der Waals surface area (Å²) in [7, 11) is 0. The van der Waals surface area contributed by atoms with E-state index in [4.69, 9.17) is 5.11 Å². The van der Waals surface area contributed by atoms with E-state index in [-0.39, 0.29) is 0 Å². The predicted octanol–water partition coefficient (Wildman–Crippen LogP) is 1.10. The van der Waals surface area contributed by atoms with Gasteiger partial charge in [-0.2, -0.15) is 0 Å². The van der Waals surface area contributed by atoms with Crippen molar-refractivity contribution in [2.24, 2.45) is 11.8 Å². The molecule has 12 heavy (non-hydrogen) atoms. The molecule has 3 rings (SSSR count). The molecule has 2 bridgehead atoms. The van der Waals surface area contributed by atoms with Gasteiger partial charge in [-0.3, -0.25) is 0 Å². The van der Waals surface area contributed by atoms with Gasteiger partial charge in [0.2, 0.25) is 0 Å². The van der Waals surface area contributed by atoms with E-state index in [0.717, 1.165) is 18.3 Å². The molecule has 1 N–H and O–H groups in total. The highest BCUT2D eigenvalue weighted by molar-refractivity contribution is 4.86. The monoisotopic (exact) mass is 169 g/mol. The van der Waals surface area contributed by atoms with Gasteiger partial charge in [-0.05, 0) is 50.6 Å². The van der Waals surface area contributed by atoms with Crippen molar-refractivity contribution in [3.63, 3.8) is 0 Å². The Kier molecular flexibility index (Phi) is 2.66. The second kappa shape index (κ2) is 3.75. The molecule has 0 aromatic heterocycles. The summed E-state index contributed by atoms with van der Waals surface area (Å²) in [5, 5.41) is 8.75. The largest absolute Gasteiger partial charge is 0.396 e. The summed E-state index contributed by atoms with van der Waals surface area (Å²) in [4.78, 5) is 2.59. The number of hydrogen-bond donors (Lipinski definition) is 1. The first-order valence-electron chi connectivity index (χ1n) is 5.23. The van der Waals surface area contributed by atoms with Crippen LogP contribution < -0.4 is 0 Å². The second-order valence-electron chi connectivity index (χ2n) is 4.26. The third kappa shape index (κ3) is 1.64. The molecule has 0 unspecified atom stereocenters. The molecule has 70 valence electrons. The quantitative estimate of drug-likeness (QED) is 0.684. The SMILES string of the molecule is OCCC[C@H]1CN2CCC1CC2. The normalized spacial score (nSPS) is 40.2. The first-order valence-corrected chi connectivity index (χ1v) is 5.23. The first kappa shape index (κ1) is 8.52. The van der Waals surface area contributed by atoms with E-state index in [1.807, 2.05) is 0 Å². The van der Waals surface area contributed by atoms with E-state index in [9.17, 15) is 0 Å². The molecule has 0 aromatic rings. The summed E-state index contributed by atoms with van der Waals surface area (Å²) in [6.07, 6.45) is 5.08. The lowest BCUT2D eigenvalue weighted by atomic mass is 9.77. The Morgan fingerprint density at radius 1 is 1.25 bits per heavy atom. The molecule has 1 atom stereocenters. The third-order valence-electron chi connectivity index (χ3n) is 3.52. The van der Waals surface area contributed by atoms with Crippen LogP contribution in [0.2, 0.25) is 0 Å². The summed E-state index contributed by atoms with van der Waals surface area (Å²) < 4.78 is 0. The number of hydrogen-bond acceptors (Lipinski definition) is 2. The van der Waals surface area contributed by atoms with Gasteiger partial charge in [-0.25, -0.2) is 0 Å². The molecule has 0 radical (unpaired) electrons. The van der Waals surface area contributed by atoms with Crippen LogP contribution in [0, 0.1) is 11.8 Å². The average molecular weight is 169 g/mol. The molecule has 3 aliphatic rings. The van der Waals surface area contributed by atoms with Crippen LogP contribution in [0.5, 0.6) is 0 Å². The molecule has 3 saturated heterocycles. The zero-order chi connectivity index (χ0) is 8.39. The fourth-order valence-corrected chi connectivity index (χ4v) is 2.77. The number of rotatable bonds is 3. The lowest BCUT2D eigenvalue weighted by molar-refractivity contribution is 0.0433. The maximum absolute atomic E-state index is 8.75. The molecule has 3 heterocycles. The standard InChI is InChI=1S/C10H19NO/c12-7-1-2-10-8-11-5-3-9(10)4-6-11/h9-10,12H,1-8H2/t10-/m0/s1. The van der Waals surface area contributed by atoms with Crippen molar-refractivity contribution in [1.29, 1.82) is 0 Å². The van der Waals surface area contributed by atoms with Crippen LogP contribution in [0.15, 0.2) is 0 Å². The van der Waals surface area contributed by atoms with Crippen LogP contribution in [0.1, 0.15) is 25.7 Å². The van der Waals surface area contributed by atoms with Gasteiger partial charge < -0.3 is 10.0 Å². The van der Waals surface area contributed by atoms with Gasteiger partial charge in [-0.15, -0.1) is 0 Å². The molecule has 3 fully saturated rings. The Labute approximate surface area is 74.6 Å². The van der Waals surface area contributed by atoms with Crippen LogP contribution in [0.4, 0.5) is 0 Å². The van der Waals surface area contributed by atoms with Gasteiger partial charge in [0.15, 0.2) is 0 Å². The van der Waals surface area contributed by atoms with Crippen LogP contribution in [0.25, 0.3) is 0 Å². The molecule has 0 spiro atoms. The second-order valence-corrected chi connectivity index (χ2v) is 4.26. The zero-order valence-electron chi connectivity index (χ0n) is 7.71. The smallest absolute Gasteiger partial charge is 0.0431 e. The number of aliphatic hydroxyl groups excluding tert-OH is 1. The topological polar surface area (TPSA) is 23.5 Å². The van der Waals surface area contributed by atoms with E-state index in [0.29, 0.717) is 6.61 Å². The summed E-state index contributed by atoms with van der Waals surface area (Å²) in [5.74, 6) is 1.89. The first-order chi connectivity index (χ1) is 5.90. The fourth-order valence-electron chi connectivity index (χ4n) is 2.77. The molecule has 0 amide bonds. The molecule has 0 saturated carbocycles. The van der Waals surface area contributed by atoms with Crippen molar-refractivity contribution in [2.75, 3.05) is 26.2 Å². The van der Waals surface area contributed by atoms with Crippen molar-refractivity contribution in [2.45, 2.75) is 25.7 Å². The highest BCUT2D eigenvalue weighted by Gasteiger charge is 2.33. The average Bonchev–Trinajstić information content (AvgIpc) is 2.17. The minimum absolute atomic E-state index is 0.378. The van der Waals surface area contributed by atoms with Crippen LogP contribution in [0.3, 0.4) is 0 Å². The lowest BCUT2D eigenvalue weighted by Gasteiger charge is -2.45. The molecular weight excluding hydrogens is 150 g/mol. The van der Waals surface area contributed by atoms with Gasteiger partial charge in [0.05, 0.1) is 0 Å². The van der Waals surface area contributed by atoms with Crippen LogP contribution in [-0.4, -0.2) is 36.2 Å². The van der Waals surface area contributed by atoms with Crippen LogP contribution >= 0.6 is 0 Å². The minimum atomic E-state index is 0.378. The van der Waals surface area contributed by atoms with Crippen molar-refractivity contribution < 1.29 is 5.11 Å². The summed E-state index contributed by atoms with van der Waals surface area (Å²) in [6, 6.07) is 0. The van der Waals surface area contributed by atoms with E-state index in [1.165, 1.54) is 38.9 Å². The van der Waals surface area contributed by atoms with Gasteiger partial charge in [0.1, 0.15) is 0 Å². The van der Waals surface area contributed by atoms with E-state index < -0.39 is 0 Å². The third-order valence-corrected chi connectivity index (χ3v) is 3.52. The molecule has 2 nitrogen and oxygen atoms in total.